The van der Waals surface area contributed by atoms with Crippen molar-refractivity contribution in [1.82, 2.24) is 19.9 Å². The molecule has 0 spiro atoms. The van der Waals surface area contributed by atoms with E-state index in [4.69, 9.17) is 4.84 Å². The molecule has 2 amide bonds. The van der Waals surface area contributed by atoms with Gasteiger partial charge in [0.1, 0.15) is 23.9 Å². The molecular weight excluding hydrogens is 478 g/mol. The number of amides is 2. The van der Waals surface area contributed by atoms with Crippen molar-refractivity contribution in [2.45, 2.75) is 32.6 Å². The molecule has 1 atom stereocenters. The summed E-state index contributed by atoms with van der Waals surface area (Å²) in [5.41, 5.74) is -1.15. The number of anilines is 1. The third kappa shape index (κ3) is 7.34. The van der Waals surface area contributed by atoms with Crippen LogP contribution in [-0.2, 0) is 21.0 Å². The van der Waals surface area contributed by atoms with Gasteiger partial charge in [-0.05, 0) is 30.2 Å². The van der Waals surface area contributed by atoms with Crippen LogP contribution in [0.4, 0.5) is 28.0 Å². The first-order valence-corrected chi connectivity index (χ1v) is 10.1. The van der Waals surface area contributed by atoms with Crippen molar-refractivity contribution in [3.8, 4) is 11.4 Å². The van der Waals surface area contributed by atoms with Crippen LogP contribution in [0.1, 0.15) is 13.8 Å². The third-order valence-electron chi connectivity index (χ3n) is 4.50. The Bertz CT molecular complexity index is 1150. The van der Waals surface area contributed by atoms with E-state index < -0.39 is 59.5 Å². The number of benzene rings is 1. The summed E-state index contributed by atoms with van der Waals surface area (Å²) in [6, 6.07) is 2.79. The maximum atomic E-state index is 13.4. The summed E-state index contributed by atoms with van der Waals surface area (Å²) in [4.78, 5) is 58.0. The molecule has 2 N–H and O–H groups in total. The molecule has 0 saturated carbocycles. The van der Waals surface area contributed by atoms with Crippen LogP contribution >= 0.6 is 0 Å². The molecule has 0 aliphatic carbocycles. The summed E-state index contributed by atoms with van der Waals surface area (Å²) in [5, 5.41) is 5.19. The molecular formula is C21H23F4N5O5. The van der Waals surface area contributed by atoms with E-state index in [1.165, 1.54) is 40.1 Å². The van der Waals surface area contributed by atoms with Crippen molar-refractivity contribution >= 4 is 23.5 Å². The monoisotopic (exact) mass is 501 g/mol. The Morgan fingerprint density at radius 2 is 1.74 bits per heavy atom. The fourth-order valence-electron chi connectivity index (χ4n) is 2.93. The van der Waals surface area contributed by atoms with Gasteiger partial charge in [-0.15, -0.1) is 5.06 Å². The number of carbonyl (C=O) groups is 3. The molecule has 0 bridgehead atoms. The van der Waals surface area contributed by atoms with Crippen LogP contribution in [0.25, 0.3) is 11.4 Å². The van der Waals surface area contributed by atoms with Gasteiger partial charge < -0.3 is 10.2 Å². The van der Waals surface area contributed by atoms with E-state index in [0.717, 1.165) is 28.0 Å². The highest BCUT2D eigenvalue weighted by atomic mass is 19.4. The second kappa shape index (κ2) is 11.1. The second-order valence-corrected chi connectivity index (χ2v) is 7.86. The molecule has 14 heteroatoms. The molecule has 0 aliphatic heterocycles. The molecule has 35 heavy (non-hydrogen) atoms. The lowest BCUT2D eigenvalue weighted by Crippen LogP contribution is -2.51. The Hall–Kier alpha value is -3.81. The summed E-state index contributed by atoms with van der Waals surface area (Å²) in [6.07, 6.45) is -5.25. The molecule has 2 rings (SSSR count). The van der Waals surface area contributed by atoms with E-state index in [9.17, 15) is 36.7 Å². The fourth-order valence-corrected chi connectivity index (χ4v) is 2.93. The average Bonchev–Trinajstić information content (AvgIpc) is 2.74. The van der Waals surface area contributed by atoms with Crippen LogP contribution in [0.15, 0.2) is 35.3 Å². The lowest BCUT2D eigenvalue weighted by molar-refractivity contribution is -0.174. The summed E-state index contributed by atoms with van der Waals surface area (Å²) in [6.45, 7) is 1.77. The SMILES string of the molecule is CC(C)C(NC(=O)Cn1c(-c2ccc(F)cc2)ncc(NC(=O)ON(C)C)c1=O)C(=O)C(F)(F)F. The molecule has 2 aromatic rings. The minimum atomic E-state index is -5.18. The average molecular weight is 501 g/mol. The van der Waals surface area contributed by atoms with E-state index >= 15 is 0 Å². The smallest absolute Gasteiger partial charge is 0.351 e. The largest absolute Gasteiger partial charge is 0.452 e. The maximum Gasteiger partial charge on any atom is 0.452 e. The van der Waals surface area contributed by atoms with E-state index in [0.29, 0.717) is 0 Å². The van der Waals surface area contributed by atoms with Crippen molar-refractivity contribution in [1.29, 1.82) is 0 Å². The number of aromatic nitrogens is 2. The number of ketones is 1. The highest BCUT2D eigenvalue weighted by molar-refractivity contribution is 5.93. The summed E-state index contributed by atoms with van der Waals surface area (Å²) < 4.78 is 52.9. The number of carbonyl (C=O) groups excluding carboxylic acids is 3. The molecule has 0 radical (unpaired) electrons. The highest BCUT2D eigenvalue weighted by Gasteiger charge is 2.45. The lowest BCUT2D eigenvalue weighted by atomic mass is 9.99. The van der Waals surface area contributed by atoms with Gasteiger partial charge in [-0.25, -0.2) is 14.2 Å². The van der Waals surface area contributed by atoms with Crippen LogP contribution in [-0.4, -0.2) is 58.7 Å². The van der Waals surface area contributed by atoms with Gasteiger partial charge in [0, 0.05) is 19.7 Å². The zero-order valence-electron chi connectivity index (χ0n) is 19.1. The van der Waals surface area contributed by atoms with Gasteiger partial charge in [0.15, 0.2) is 0 Å². The number of halogens is 4. The molecule has 0 saturated heterocycles. The number of hydrogen-bond acceptors (Lipinski definition) is 7. The zero-order chi connectivity index (χ0) is 26.5. The third-order valence-corrected chi connectivity index (χ3v) is 4.50. The molecule has 190 valence electrons. The van der Waals surface area contributed by atoms with Crippen LogP contribution in [0.5, 0.6) is 0 Å². The molecule has 1 unspecified atom stereocenters. The summed E-state index contributed by atoms with van der Waals surface area (Å²) in [7, 11) is 2.82. The number of nitrogens with zero attached hydrogens (tertiary/aromatic N) is 3. The number of nitrogens with one attached hydrogen (secondary N) is 2. The molecule has 1 heterocycles. The van der Waals surface area contributed by atoms with Gasteiger partial charge in [-0.3, -0.25) is 24.3 Å². The van der Waals surface area contributed by atoms with Crippen molar-refractivity contribution in [3.63, 3.8) is 0 Å². The number of hydroxylamine groups is 2. The molecule has 10 nitrogen and oxygen atoms in total. The lowest BCUT2D eigenvalue weighted by Gasteiger charge is -2.23. The first-order chi connectivity index (χ1) is 16.2. The summed E-state index contributed by atoms with van der Waals surface area (Å²) in [5.74, 6) is -4.88. The Labute approximate surface area is 196 Å². The summed E-state index contributed by atoms with van der Waals surface area (Å²) >= 11 is 0. The van der Waals surface area contributed by atoms with Crippen LogP contribution in [0.2, 0.25) is 0 Å². The standard InChI is InChI=1S/C21H23F4N5O5/c1-11(2)16(17(32)21(23,24)25)28-15(31)10-30-18(12-5-7-13(22)8-6-12)26-9-14(19(30)33)27-20(34)35-29(3)4/h5-9,11,16H,10H2,1-4H3,(H,27,34)(H,28,31). The Morgan fingerprint density at radius 3 is 2.26 bits per heavy atom. The van der Waals surface area contributed by atoms with E-state index in [-0.39, 0.29) is 11.4 Å². The maximum absolute atomic E-state index is 13.4. The van der Waals surface area contributed by atoms with Crippen molar-refractivity contribution in [3.05, 3.63) is 46.6 Å². The predicted molar refractivity (Wildman–Crippen MR) is 116 cm³/mol. The topological polar surface area (TPSA) is 123 Å². The van der Waals surface area contributed by atoms with Gasteiger partial charge in [-0.2, -0.15) is 13.2 Å². The number of alkyl halides is 3. The van der Waals surface area contributed by atoms with Gasteiger partial charge in [0.25, 0.3) is 11.3 Å². The van der Waals surface area contributed by atoms with Gasteiger partial charge in [0.2, 0.25) is 5.91 Å². The number of Topliss-reactive ketones (excluding diaryl/α,β-unsaturated/α-hetero) is 1. The Kier molecular flexibility index (Phi) is 8.68. The Balaban J connectivity index is 2.46. The molecule has 1 aromatic heterocycles. The fraction of sp³-hybridized carbons (Fsp3) is 0.381. The first kappa shape index (κ1) is 27.4. The quantitative estimate of drug-likeness (QED) is 0.421. The van der Waals surface area contributed by atoms with Crippen LogP contribution in [0.3, 0.4) is 0 Å². The normalized spacial score (nSPS) is 12.4. The van der Waals surface area contributed by atoms with E-state index in [2.05, 4.69) is 10.3 Å². The van der Waals surface area contributed by atoms with Crippen molar-refractivity contribution < 1.29 is 36.8 Å². The van der Waals surface area contributed by atoms with Crippen molar-refractivity contribution in [2.24, 2.45) is 5.92 Å². The van der Waals surface area contributed by atoms with Gasteiger partial charge >= 0.3 is 12.3 Å². The zero-order valence-corrected chi connectivity index (χ0v) is 19.1. The number of hydrogen-bond donors (Lipinski definition) is 2. The van der Waals surface area contributed by atoms with Crippen LogP contribution < -0.4 is 16.2 Å². The van der Waals surface area contributed by atoms with Crippen LogP contribution in [0, 0.1) is 11.7 Å². The minimum Gasteiger partial charge on any atom is -0.351 e. The van der Waals surface area contributed by atoms with E-state index in [1.54, 1.807) is 0 Å². The van der Waals surface area contributed by atoms with Crippen molar-refractivity contribution in [2.75, 3.05) is 19.4 Å². The van der Waals surface area contributed by atoms with Gasteiger partial charge in [-0.1, -0.05) is 13.8 Å². The Morgan fingerprint density at radius 1 is 1.14 bits per heavy atom. The predicted octanol–water partition coefficient (Wildman–Crippen LogP) is 2.35. The van der Waals surface area contributed by atoms with Gasteiger partial charge in [0.05, 0.1) is 12.2 Å². The molecule has 0 aliphatic rings. The molecule has 1 aromatic carbocycles. The van der Waals surface area contributed by atoms with E-state index in [1.807, 2.05) is 5.32 Å². The minimum absolute atomic E-state index is 0.139. The highest BCUT2D eigenvalue weighted by Crippen LogP contribution is 2.21. The number of rotatable bonds is 8. The molecule has 0 fully saturated rings. The first-order valence-electron chi connectivity index (χ1n) is 10.1. The second-order valence-electron chi connectivity index (χ2n) is 7.86.